The van der Waals surface area contributed by atoms with Crippen molar-refractivity contribution in [2.45, 2.75) is 18.9 Å². The Balaban J connectivity index is 2.02. The Bertz CT molecular complexity index is 397. The highest BCUT2D eigenvalue weighted by Crippen LogP contribution is 2.27. The van der Waals surface area contributed by atoms with E-state index >= 15 is 0 Å². The molecule has 1 aliphatic rings. The van der Waals surface area contributed by atoms with Crippen molar-refractivity contribution in [1.82, 2.24) is 0 Å². The Morgan fingerprint density at radius 2 is 2.39 bits per heavy atom. The standard InChI is InChI=1S/C13H18BrClN2O/c14-11-6-10(3-4-12(11)15)17-13(7-16)9-2-1-5-18-8-9/h3-4,6,9,13,17H,1-2,5,7-8,16H2. The molecule has 5 heteroatoms. The Morgan fingerprint density at radius 1 is 1.56 bits per heavy atom. The van der Waals surface area contributed by atoms with Crippen LogP contribution in [-0.2, 0) is 4.74 Å². The molecule has 100 valence electrons. The summed E-state index contributed by atoms with van der Waals surface area (Å²) < 4.78 is 6.41. The molecule has 0 radical (unpaired) electrons. The maximum absolute atomic E-state index is 5.98. The van der Waals surface area contributed by atoms with Crippen molar-refractivity contribution in [2.75, 3.05) is 25.1 Å². The van der Waals surface area contributed by atoms with E-state index < -0.39 is 0 Å². The lowest BCUT2D eigenvalue weighted by Gasteiger charge is -2.30. The van der Waals surface area contributed by atoms with Gasteiger partial charge in [-0.3, -0.25) is 0 Å². The van der Waals surface area contributed by atoms with E-state index in [1.807, 2.05) is 18.2 Å². The van der Waals surface area contributed by atoms with Crippen LogP contribution in [0.5, 0.6) is 0 Å². The van der Waals surface area contributed by atoms with Crippen LogP contribution in [0.25, 0.3) is 0 Å². The molecule has 0 aromatic heterocycles. The number of nitrogens with one attached hydrogen (secondary N) is 1. The van der Waals surface area contributed by atoms with Gasteiger partial charge < -0.3 is 15.8 Å². The van der Waals surface area contributed by atoms with E-state index in [0.717, 1.165) is 29.8 Å². The molecule has 0 amide bonds. The molecule has 2 rings (SSSR count). The Kier molecular flexibility index (Phi) is 5.30. The summed E-state index contributed by atoms with van der Waals surface area (Å²) in [4.78, 5) is 0. The maximum atomic E-state index is 5.98. The Morgan fingerprint density at radius 3 is 3.00 bits per heavy atom. The van der Waals surface area contributed by atoms with E-state index in [4.69, 9.17) is 22.1 Å². The number of anilines is 1. The lowest BCUT2D eigenvalue weighted by Crippen LogP contribution is -2.40. The lowest BCUT2D eigenvalue weighted by molar-refractivity contribution is 0.0485. The molecule has 0 saturated carbocycles. The highest BCUT2D eigenvalue weighted by atomic mass is 79.9. The Hall–Kier alpha value is -0.290. The van der Waals surface area contributed by atoms with Crippen LogP contribution in [0.3, 0.4) is 0 Å². The number of ether oxygens (including phenoxy) is 1. The molecule has 0 spiro atoms. The van der Waals surface area contributed by atoms with Crippen LogP contribution in [0.2, 0.25) is 5.02 Å². The van der Waals surface area contributed by atoms with Gasteiger partial charge in [-0.1, -0.05) is 11.6 Å². The van der Waals surface area contributed by atoms with Gasteiger partial charge in [0.1, 0.15) is 0 Å². The molecule has 2 unspecified atom stereocenters. The number of hydrogen-bond acceptors (Lipinski definition) is 3. The van der Waals surface area contributed by atoms with Crippen molar-refractivity contribution in [3.63, 3.8) is 0 Å². The summed E-state index contributed by atoms with van der Waals surface area (Å²) in [5.41, 5.74) is 6.90. The highest BCUT2D eigenvalue weighted by molar-refractivity contribution is 9.10. The normalized spacial score (nSPS) is 21.6. The average molecular weight is 334 g/mol. The zero-order chi connectivity index (χ0) is 13.0. The van der Waals surface area contributed by atoms with Crippen molar-refractivity contribution in [2.24, 2.45) is 11.7 Å². The molecular formula is C13H18BrClN2O. The number of benzene rings is 1. The molecule has 1 saturated heterocycles. The smallest absolute Gasteiger partial charge is 0.0549 e. The van der Waals surface area contributed by atoms with Crippen molar-refractivity contribution < 1.29 is 4.74 Å². The molecule has 1 heterocycles. The van der Waals surface area contributed by atoms with E-state index in [1.54, 1.807) is 0 Å². The molecule has 18 heavy (non-hydrogen) atoms. The zero-order valence-corrected chi connectivity index (χ0v) is 12.5. The van der Waals surface area contributed by atoms with Crippen LogP contribution in [-0.4, -0.2) is 25.8 Å². The molecule has 1 aromatic carbocycles. The van der Waals surface area contributed by atoms with E-state index in [9.17, 15) is 0 Å². The van der Waals surface area contributed by atoms with Crippen molar-refractivity contribution in [3.05, 3.63) is 27.7 Å². The number of nitrogens with two attached hydrogens (primary N) is 1. The van der Waals surface area contributed by atoms with Gasteiger partial charge in [0.25, 0.3) is 0 Å². The minimum absolute atomic E-state index is 0.248. The SMILES string of the molecule is NCC(Nc1ccc(Cl)c(Br)c1)C1CCCOC1. The van der Waals surface area contributed by atoms with Crippen molar-refractivity contribution in [3.8, 4) is 0 Å². The van der Waals surface area contributed by atoms with Crippen LogP contribution >= 0.6 is 27.5 Å². The van der Waals surface area contributed by atoms with Gasteiger partial charge >= 0.3 is 0 Å². The lowest BCUT2D eigenvalue weighted by atomic mass is 9.93. The van der Waals surface area contributed by atoms with Crippen LogP contribution in [0.4, 0.5) is 5.69 Å². The van der Waals surface area contributed by atoms with Gasteiger partial charge in [-0.15, -0.1) is 0 Å². The molecule has 1 fully saturated rings. The van der Waals surface area contributed by atoms with E-state index in [0.29, 0.717) is 17.5 Å². The first-order valence-corrected chi connectivity index (χ1v) is 7.37. The van der Waals surface area contributed by atoms with Gasteiger partial charge in [-0.2, -0.15) is 0 Å². The second kappa shape index (κ2) is 6.75. The third-order valence-electron chi connectivity index (χ3n) is 3.29. The fourth-order valence-electron chi connectivity index (χ4n) is 2.25. The fraction of sp³-hybridized carbons (Fsp3) is 0.538. The Labute approximate surface area is 121 Å². The summed E-state index contributed by atoms with van der Waals surface area (Å²) in [5, 5.41) is 4.19. The first-order valence-electron chi connectivity index (χ1n) is 6.20. The molecule has 3 nitrogen and oxygen atoms in total. The largest absolute Gasteiger partial charge is 0.381 e. The number of rotatable bonds is 4. The van der Waals surface area contributed by atoms with Crippen LogP contribution < -0.4 is 11.1 Å². The van der Waals surface area contributed by atoms with Gasteiger partial charge in [-0.05, 0) is 47.0 Å². The van der Waals surface area contributed by atoms with Gasteiger partial charge in [0.15, 0.2) is 0 Å². The third kappa shape index (κ3) is 3.60. The van der Waals surface area contributed by atoms with Crippen molar-refractivity contribution >= 4 is 33.2 Å². The molecule has 1 aliphatic heterocycles. The summed E-state index contributed by atoms with van der Waals surface area (Å²) in [6.45, 7) is 2.28. The second-order valence-corrected chi connectivity index (χ2v) is 5.85. The minimum atomic E-state index is 0.248. The first-order chi connectivity index (χ1) is 8.70. The van der Waals surface area contributed by atoms with E-state index in [2.05, 4.69) is 21.2 Å². The second-order valence-electron chi connectivity index (χ2n) is 4.59. The van der Waals surface area contributed by atoms with Crippen LogP contribution in [0.1, 0.15) is 12.8 Å². The predicted octanol–water partition coefficient (Wildman–Crippen LogP) is 3.27. The molecule has 1 aromatic rings. The molecule has 2 atom stereocenters. The van der Waals surface area contributed by atoms with E-state index in [-0.39, 0.29) is 6.04 Å². The predicted molar refractivity (Wildman–Crippen MR) is 79.2 cm³/mol. The van der Waals surface area contributed by atoms with Crippen molar-refractivity contribution in [1.29, 1.82) is 0 Å². The summed E-state index contributed by atoms with van der Waals surface area (Å²) in [5.74, 6) is 0.484. The summed E-state index contributed by atoms with van der Waals surface area (Å²) >= 11 is 9.41. The fourth-order valence-corrected chi connectivity index (χ4v) is 2.75. The summed E-state index contributed by atoms with van der Waals surface area (Å²) in [7, 11) is 0. The summed E-state index contributed by atoms with van der Waals surface area (Å²) in [6.07, 6.45) is 2.29. The molecule has 0 bridgehead atoms. The van der Waals surface area contributed by atoms with Crippen LogP contribution in [0.15, 0.2) is 22.7 Å². The number of halogens is 2. The van der Waals surface area contributed by atoms with Gasteiger partial charge in [0.2, 0.25) is 0 Å². The van der Waals surface area contributed by atoms with Gasteiger partial charge in [0.05, 0.1) is 11.6 Å². The van der Waals surface area contributed by atoms with Crippen LogP contribution in [0, 0.1) is 5.92 Å². The molecular weight excluding hydrogens is 316 g/mol. The average Bonchev–Trinajstić information content (AvgIpc) is 2.41. The maximum Gasteiger partial charge on any atom is 0.0549 e. The molecule has 3 N–H and O–H groups in total. The first kappa shape index (κ1) is 14.1. The van der Waals surface area contributed by atoms with Gasteiger partial charge in [-0.25, -0.2) is 0 Å². The monoisotopic (exact) mass is 332 g/mol. The number of hydrogen-bond donors (Lipinski definition) is 2. The quantitative estimate of drug-likeness (QED) is 0.889. The molecule has 0 aliphatic carbocycles. The van der Waals surface area contributed by atoms with Gasteiger partial charge in [0, 0.05) is 35.3 Å². The third-order valence-corrected chi connectivity index (χ3v) is 4.50. The summed E-state index contributed by atoms with van der Waals surface area (Å²) in [6, 6.07) is 6.07. The minimum Gasteiger partial charge on any atom is -0.381 e. The topological polar surface area (TPSA) is 47.3 Å². The zero-order valence-electron chi connectivity index (χ0n) is 10.2. The highest BCUT2D eigenvalue weighted by Gasteiger charge is 2.23. The van der Waals surface area contributed by atoms with E-state index in [1.165, 1.54) is 6.42 Å².